The number of carbonyl (C=O) groups is 1. The summed E-state index contributed by atoms with van der Waals surface area (Å²) < 4.78 is 7.41. The molecule has 1 fully saturated rings. The van der Waals surface area contributed by atoms with Crippen LogP contribution in [0, 0.1) is 6.92 Å². The maximum absolute atomic E-state index is 12.8. The average Bonchev–Trinajstić information content (AvgIpc) is 3.16. The van der Waals surface area contributed by atoms with Gasteiger partial charge in [-0.05, 0) is 50.1 Å². The first-order valence-corrected chi connectivity index (χ1v) is 9.57. The van der Waals surface area contributed by atoms with Crippen LogP contribution in [0.5, 0.6) is 5.75 Å². The molecule has 4 rings (SSSR count). The summed E-state index contributed by atoms with van der Waals surface area (Å²) >= 11 is 0. The molecule has 1 aromatic carbocycles. The van der Waals surface area contributed by atoms with Gasteiger partial charge in [0, 0.05) is 36.8 Å². The van der Waals surface area contributed by atoms with Crippen molar-refractivity contribution in [1.29, 1.82) is 0 Å². The van der Waals surface area contributed by atoms with Crippen LogP contribution in [-0.4, -0.2) is 45.6 Å². The highest BCUT2D eigenvalue weighted by atomic mass is 16.5. The number of carbonyl (C=O) groups excluding carboxylic acids is 1. The summed E-state index contributed by atoms with van der Waals surface area (Å²) in [7, 11) is 1.64. The number of rotatable bonds is 4. The zero-order chi connectivity index (χ0) is 19.5. The number of amides is 1. The number of piperidine rings is 1. The van der Waals surface area contributed by atoms with E-state index in [1.807, 2.05) is 64.9 Å². The number of hydrogen-bond donors (Lipinski definition) is 0. The van der Waals surface area contributed by atoms with Crippen LogP contribution >= 0.6 is 0 Å². The summed E-state index contributed by atoms with van der Waals surface area (Å²) in [6.45, 7) is 3.45. The third-order valence-corrected chi connectivity index (χ3v) is 5.23. The van der Waals surface area contributed by atoms with Gasteiger partial charge in [-0.25, -0.2) is 0 Å². The van der Waals surface area contributed by atoms with Crippen LogP contribution in [0.25, 0.3) is 11.7 Å². The van der Waals surface area contributed by atoms with Crippen LogP contribution in [-0.2, 0) is 4.79 Å². The van der Waals surface area contributed by atoms with E-state index in [-0.39, 0.29) is 11.8 Å². The SMILES string of the molecule is COc1ccc(C)cc1/C=C/C(=O)N1CCCC(c2nnc3ccccn23)C1. The Morgan fingerprint density at radius 3 is 3.00 bits per heavy atom. The standard InChI is InChI=1S/C22H24N4O2/c1-16-8-10-19(28-2)17(14-16)9-11-21(27)25-12-5-6-18(15-25)22-24-23-20-7-3-4-13-26(20)22/h3-4,7-11,13-14,18H,5-6,12,15H2,1-2H3/b11-9+. The zero-order valence-electron chi connectivity index (χ0n) is 16.2. The molecule has 0 saturated carbocycles. The molecule has 2 aromatic heterocycles. The average molecular weight is 376 g/mol. The van der Waals surface area contributed by atoms with Gasteiger partial charge in [0.2, 0.25) is 5.91 Å². The van der Waals surface area contributed by atoms with E-state index in [0.717, 1.165) is 47.7 Å². The van der Waals surface area contributed by atoms with Gasteiger partial charge >= 0.3 is 0 Å². The van der Waals surface area contributed by atoms with E-state index in [2.05, 4.69) is 10.2 Å². The maximum Gasteiger partial charge on any atom is 0.246 e. The Bertz CT molecular complexity index is 1020. The molecule has 1 atom stereocenters. The van der Waals surface area contributed by atoms with Crippen molar-refractivity contribution in [1.82, 2.24) is 19.5 Å². The Labute approximate surface area is 164 Å². The van der Waals surface area contributed by atoms with Crippen molar-refractivity contribution in [2.24, 2.45) is 0 Å². The van der Waals surface area contributed by atoms with Crippen molar-refractivity contribution in [2.75, 3.05) is 20.2 Å². The molecular weight excluding hydrogens is 352 g/mol. The Morgan fingerprint density at radius 1 is 1.25 bits per heavy atom. The van der Waals surface area contributed by atoms with Crippen LogP contribution in [0.1, 0.15) is 35.7 Å². The molecule has 1 unspecified atom stereocenters. The van der Waals surface area contributed by atoms with E-state index in [1.165, 1.54) is 0 Å². The van der Waals surface area contributed by atoms with Gasteiger partial charge in [-0.15, -0.1) is 10.2 Å². The second-order valence-electron chi connectivity index (χ2n) is 7.19. The van der Waals surface area contributed by atoms with Crippen molar-refractivity contribution in [3.05, 3.63) is 65.6 Å². The number of nitrogens with zero attached hydrogens (tertiary/aromatic N) is 4. The fourth-order valence-electron chi connectivity index (χ4n) is 3.78. The lowest BCUT2D eigenvalue weighted by Gasteiger charge is -2.31. The third kappa shape index (κ3) is 3.63. The van der Waals surface area contributed by atoms with E-state index < -0.39 is 0 Å². The highest BCUT2D eigenvalue weighted by molar-refractivity contribution is 5.92. The Kier molecular flexibility index (Phi) is 5.10. The highest BCUT2D eigenvalue weighted by Gasteiger charge is 2.27. The summed E-state index contributed by atoms with van der Waals surface area (Å²) in [5, 5.41) is 8.63. The first-order valence-electron chi connectivity index (χ1n) is 9.57. The van der Waals surface area contributed by atoms with E-state index >= 15 is 0 Å². The summed E-state index contributed by atoms with van der Waals surface area (Å²) in [4.78, 5) is 14.7. The molecule has 0 spiro atoms. The summed E-state index contributed by atoms with van der Waals surface area (Å²) in [5.41, 5.74) is 2.88. The van der Waals surface area contributed by atoms with Gasteiger partial charge < -0.3 is 9.64 Å². The molecular formula is C22H24N4O2. The normalized spacial score (nSPS) is 17.4. The van der Waals surface area contributed by atoms with Gasteiger partial charge in [-0.2, -0.15) is 0 Å². The van der Waals surface area contributed by atoms with Gasteiger partial charge in [0.05, 0.1) is 7.11 Å². The number of methoxy groups -OCH3 is 1. The summed E-state index contributed by atoms with van der Waals surface area (Å²) in [6.07, 6.45) is 7.43. The summed E-state index contributed by atoms with van der Waals surface area (Å²) in [5.74, 6) is 1.90. The number of likely N-dealkylation sites (tertiary alicyclic amines) is 1. The quantitative estimate of drug-likeness (QED) is 0.654. The Morgan fingerprint density at radius 2 is 2.14 bits per heavy atom. The Balaban J connectivity index is 1.50. The minimum atomic E-state index is 0.0158. The number of hydrogen-bond acceptors (Lipinski definition) is 4. The van der Waals surface area contributed by atoms with E-state index in [0.29, 0.717) is 6.54 Å². The van der Waals surface area contributed by atoms with E-state index in [9.17, 15) is 4.79 Å². The number of fused-ring (bicyclic) bond motifs is 1. The molecule has 144 valence electrons. The Hall–Kier alpha value is -3.15. The minimum absolute atomic E-state index is 0.0158. The largest absolute Gasteiger partial charge is 0.496 e. The predicted octanol–water partition coefficient (Wildman–Crippen LogP) is 3.47. The molecule has 0 N–H and O–H groups in total. The van der Waals surface area contributed by atoms with Gasteiger partial charge in [0.1, 0.15) is 11.6 Å². The number of pyridine rings is 1. The molecule has 0 bridgehead atoms. The van der Waals surface area contributed by atoms with E-state index in [1.54, 1.807) is 13.2 Å². The van der Waals surface area contributed by atoms with Gasteiger partial charge in [-0.3, -0.25) is 9.20 Å². The second-order valence-corrected chi connectivity index (χ2v) is 7.19. The van der Waals surface area contributed by atoms with Crippen molar-refractivity contribution in [3.8, 4) is 5.75 Å². The predicted molar refractivity (Wildman–Crippen MR) is 108 cm³/mol. The van der Waals surface area contributed by atoms with Crippen LogP contribution in [0.2, 0.25) is 0 Å². The number of aromatic nitrogens is 3. The number of ether oxygens (including phenoxy) is 1. The molecule has 6 heteroatoms. The number of aryl methyl sites for hydroxylation is 1. The summed E-state index contributed by atoms with van der Waals surface area (Å²) in [6, 6.07) is 11.8. The molecule has 1 aliphatic rings. The van der Waals surface area contributed by atoms with Crippen LogP contribution < -0.4 is 4.74 Å². The maximum atomic E-state index is 12.8. The lowest BCUT2D eigenvalue weighted by molar-refractivity contribution is -0.127. The molecule has 3 aromatic rings. The van der Waals surface area contributed by atoms with Crippen molar-refractivity contribution < 1.29 is 9.53 Å². The highest BCUT2D eigenvalue weighted by Crippen LogP contribution is 2.27. The van der Waals surface area contributed by atoms with Crippen LogP contribution in [0.15, 0.2) is 48.7 Å². The first-order chi connectivity index (χ1) is 13.7. The smallest absolute Gasteiger partial charge is 0.246 e. The number of benzene rings is 1. The van der Waals surface area contributed by atoms with Gasteiger partial charge in [0.25, 0.3) is 0 Å². The minimum Gasteiger partial charge on any atom is -0.496 e. The molecule has 1 saturated heterocycles. The molecule has 1 aliphatic heterocycles. The van der Waals surface area contributed by atoms with Crippen molar-refractivity contribution >= 4 is 17.6 Å². The van der Waals surface area contributed by atoms with Crippen molar-refractivity contribution in [2.45, 2.75) is 25.7 Å². The monoisotopic (exact) mass is 376 g/mol. The topological polar surface area (TPSA) is 59.7 Å². The first kappa shape index (κ1) is 18.2. The third-order valence-electron chi connectivity index (χ3n) is 5.23. The molecule has 0 aliphatic carbocycles. The van der Waals surface area contributed by atoms with Crippen molar-refractivity contribution in [3.63, 3.8) is 0 Å². The second kappa shape index (κ2) is 7.84. The fourth-order valence-corrected chi connectivity index (χ4v) is 3.78. The zero-order valence-corrected chi connectivity index (χ0v) is 16.2. The van der Waals surface area contributed by atoms with Crippen LogP contribution in [0.4, 0.5) is 0 Å². The molecule has 0 radical (unpaired) electrons. The molecule has 6 nitrogen and oxygen atoms in total. The van der Waals surface area contributed by atoms with Crippen LogP contribution in [0.3, 0.4) is 0 Å². The molecule has 28 heavy (non-hydrogen) atoms. The molecule has 3 heterocycles. The lowest BCUT2D eigenvalue weighted by Crippen LogP contribution is -2.38. The lowest BCUT2D eigenvalue weighted by atomic mass is 9.97. The van der Waals surface area contributed by atoms with Gasteiger partial charge in [0.15, 0.2) is 5.65 Å². The van der Waals surface area contributed by atoms with E-state index in [4.69, 9.17) is 4.74 Å². The fraction of sp³-hybridized carbons (Fsp3) is 0.318. The van der Waals surface area contributed by atoms with Gasteiger partial charge in [-0.1, -0.05) is 17.7 Å². The molecule has 1 amide bonds.